The topological polar surface area (TPSA) is 53.1 Å². The molecule has 0 bridgehead atoms. The second kappa shape index (κ2) is 4.90. The van der Waals surface area contributed by atoms with Crippen molar-refractivity contribution in [2.45, 2.75) is 6.92 Å². The molecule has 1 aromatic heterocycles. The normalized spacial score (nSPS) is 9.62. The van der Waals surface area contributed by atoms with E-state index < -0.39 is 0 Å². The first-order chi connectivity index (χ1) is 7.20. The van der Waals surface area contributed by atoms with Crippen LogP contribution in [0.5, 0.6) is 5.75 Å². The summed E-state index contributed by atoms with van der Waals surface area (Å²) < 4.78 is 7.17. The molecule has 0 amide bonds. The number of halogens is 1. The summed E-state index contributed by atoms with van der Waals surface area (Å²) in [6.07, 6.45) is 3.69. The molecule has 5 heteroatoms. The largest absolute Gasteiger partial charge is 0.494 e. The number of rotatable bonds is 2. The van der Waals surface area contributed by atoms with Gasteiger partial charge in [0.25, 0.3) is 0 Å². The number of methoxy groups -OCH3 is 1. The highest BCUT2D eigenvalue weighted by Crippen LogP contribution is 2.25. The number of nitrogens with two attached hydrogens (primary N) is 1. The van der Waals surface area contributed by atoms with Crippen molar-refractivity contribution in [3.05, 3.63) is 36.4 Å². The van der Waals surface area contributed by atoms with Crippen LogP contribution in [-0.4, -0.2) is 16.7 Å². The van der Waals surface area contributed by atoms with Crippen molar-refractivity contribution in [2.24, 2.45) is 0 Å². The van der Waals surface area contributed by atoms with Gasteiger partial charge in [-0.3, -0.25) is 0 Å². The standard InChI is InChI=1S/C11H13N3O.ClH/c1-8-6-14(7-13-8)10-4-3-9(12)5-11(10)15-2;/h3-7H,12H2,1-2H3;1H. The molecule has 0 atom stereocenters. The minimum atomic E-state index is 0. The lowest BCUT2D eigenvalue weighted by Gasteiger charge is -2.09. The van der Waals surface area contributed by atoms with Crippen molar-refractivity contribution in [3.8, 4) is 11.4 Å². The van der Waals surface area contributed by atoms with Crippen molar-refractivity contribution < 1.29 is 4.74 Å². The van der Waals surface area contributed by atoms with Crippen LogP contribution in [-0.2, 0) is 0 Å². The first kappa shape index (κ1) is 12.4. The van der Waals surface area contributed by atoms with Gasteiger partial charge in [-0.25, -0.2) is 4.98 Å². The molecule has 0 unspecified atom stereocenters. The Labute approximate surface area is 100 Å². The van der Waals surface area contributed by atoms with Gasteiger partial charge in [-0.1, -0.05) is 0 Å². The van der Waals surface area contributed by atoms with Gasteiger partial charge in [0.2, 0.25) is 0 Å². The average Bonchev–Trinajstić information content (AvgIpc) is 2.64. The van der Waals surface area contributed by atoms with E-state index >= 15 is 0 Å². The van der Waals surface area contributed by atoms with Gasteiger partial charge in [0.15, 0.2) is 0 Å². The van der Waals surface area contributed by atoms with Crippen LogP contribution in [0.3, 0.4) is 0 Å². The van der Waals surface area contributed by atoms with Crippen LogP contribution in [0.2, 0.25) is 0 Å². The lowest BCUT2D eigenvalue weighted by Crippen LogP contribution is -1.96. The molecule has 86 valence electrons. The number of aryl methyl sites for hydroxylation is 1. The van der Waals surface area contributed by atoms with E-state index in [1.807, 2.05) is 29.8 Å². The smallest absolute Gasteiger partial charge is 0.144 e. The Morgan fingerprint density at radius 2 is 2.12 bits per heavy atom. The highest BCUT2D eigenvalue weighted by Gasteiger charge is 2.05. The maximum Gasteiger partial charge on any atom is 0.144 e. The van der Waals surface area contributed by atoms with E-state index in [1.54, 1.807) is 19.5 Å². The second-order valence-electron chi connectivity index (χ2n) is 3.35. The Hall–Kier alpha value is -1.68. The summed E-state index contributed by atoms with van der Waals surface area (Å²) in [7, 11) is 1.63. The van der Waals surface area contributed by atoms with Crippen molar-refractivity contribution in [3.63, 3.8) is 0 Å². The number of imidazole rings is 1. The summed E-state index contributed by atoms with van der Waals surface area (Å²) >= 11 is 0. The summed E-state index contributed by atoms with van der Waals surface area (Å²) in [6.45, 7) is 1.94. The van der Waals surface area contributed by atoms with Crippen LogP contribution in [0.4, 0.5) is 5.69 Å². The predicted molar refractivity (Wildman–Crippen MR) is 66.5 cm³/mol. The molecule has 4 nitrogen and oxygen atoms in total. The van der Waals surface area contributed by atoms with Gasteiger partial charge in [0.1, 0.15) is 5.75 Å². The van der Waals surface area contributed by atoms with Crippen molar-refractivity contribution in [1.29, 1.82) is 0 Å². The first-order valence-electron chi connectivity index (χ1n) is 4.65. The fourth-order valence-electron chi connectivity index (χ4n) is 1.46. The number of nitrogens with zero attached hydrogens (tertiary/aromatic N) is 2. The molecular weight excluding hydrogens is 226 g/mol. The molecule has 0 aliphatic carbocycles. The van der Waals surface area contributed by atoms with Crippen molar-refractivity contribution in [1.82, 2.24) is 9.55 Å². The van der Waals surface area contributed by atoms with Crippen LogP contribution in [0, 0.1) is 6.92 Å². The van der Waals surface area contributed by atoms with E-state index in [-0.39, 0.29) is 12.4 Å². The molecule has 0 aliphatic heterocycles. The number of anilines is 1. The molecule has 0 radical (unpaired) electrons. The summed E-state index contributed by atoms with van der Waals surface area (Å²) in [4.78, 5) is 4.17. The first-order valence-corrected chi connectivity index (χ1v) is 4.65. The van der Waals surface area contributed by atoms with Crippen LogP contribution in [0.1, 0.15) is 5.69 Å². The van der Waals surface area contributed by atoms with E-state index in [0.29, 0.717) is 5.69 Å². The van der Waals surface area contributed by atoms with E-state index in [2.05, 4.69) is 4.98 Å². The number of aromatic nitrogens is 2. The molecule has 2 rings (SSSR count). The van der Waals surface area contributed by atoms with Crippen LogP contribution in [0.15, 0.2) is 30.7 Å². The Morgan fingerprint density at radius 3 is 2.69 bits per heavy atom. The molecule has 0 fully saturated rings. The third-order valence-corrected chi connectivity index (χ3v) is 2.19. The molecule has 0 saturated carbocycles. The molecule has 0 saturated heterocycles. The van der Waals surface area contributed by atoms with E-state index in [1.165, 1.54) is 0 Å². The maximum absolute atomic E-state index is 5.68. The Balaban J connectivity index is 0.00000128. The van der Waals surface area contributed by atoms with E-state index in [9.17, 15) is 0 Å². The zero-order valence-corrected chi connectivity index (χ0v) is 9.99. The third-order valence-electron chi connectivity index (χ3n) is 2.19. The van der Waals surface area contributed by atoms with E-state index in [4.69, 9.17) is 10.5 Å². The zero-order valence-electron chi connectivity index (χ0n) is 9.18. The fourth-order valence-corrected chi connectivity index (χ4v) is 1.46. The number of benzene rings is 1. The van der Waals surface area contributed by atoms with Gasteiger partial charge < -0.3 is 15.0 Å². The van der Waals surface area contributed by atoms with E-state index in [0.717, 1.165) is 17.1 Å². The number of ether oxygens (including phenoxy) is 1. The van der Waals surface area contributed by atoms with Crippen molar-refractivity contribution in [2.75, 3.05) is 12.8 Å². The lowest BCUT2D eigenvalue weighted by atomic mass is 10.2. The minimum absolute atomic E-state index is 0. The summed E-state index contributed by atoms with van der Waals surface area (Å²) in [5, 5.41) is 0. The monoisotopic (exact) mass is 239 g/mol. The summed E-state index contributed by atoms with van der Waals surface area (Å²) in [5.41, 5.74) is 8.27. The highest BCUT2D eigenvalue weighted by molar-refractivity contribution is 5.85. The van der Waals surface area contributed by atoms with Gasteiger partial charge in [-0.15, -0.1) is 12.4 Å². The molecule has 0 spiro atoms. The Kier molecular flexibility index (Phi) is 3.79. The molecule has 0 aliphatic rings. The van der Waals surface area contributed by atoms with Crippen molar-refractivity contribution >= 4 is 18.1 Å². The van der Waals surface area contributed by atoms with Crippen LogP contribution >= 0.6 is 12.4 Å². The quantitative estimate of drug-likeness (QED) is 0.818. The lowest BCUT2D eigenvalue weighted by molar-refractivity contribution is 0.413. The Morgan fingerprint density at radius 1 is 1.38 bits per heavy atom. The number of nitrogen functional groups attached to an aromatic ring is 1. The van der Waals surface area contributed by atoms with Gasteiger partial charge in [-0.05, 0) is 19.1 Å². The Bertz CT molecular complexity index is 482. The van der Waals surface area contributed by atoms with Gasteiger partial charge >= 0.3 is 0 Å². The SMILES string of the molecule is COc1cc(N)ccc1-n1cnc(C)c1.Cl. The zero-order chi connectivity index (χ0) is 10.8. The molecule has 16 heavy (non-hydrogen) atoms. The predicted octanol–water partition coefficient (Wildman–Crippen LogP) is 2.19. The summed E-state index contributed by atoms with van der Waals surface area (Å²) in [6, 6.07) is 5.55. The number of hydrogen-bond acceptors (Lipinski definition) is 3. The van der Waals surface area contributed by atoms with Gasteiger partial charge in [-0.2, -0.15) is 0 Å². The van der Waals surface area contributed by atoms with Gasteiger partial charge in [0, 0.05) is 18.0 Å². The fraction of sp³-hybridized carbons (Fsp3) is 0.182. The molecule has 1 heterocycles. The summed E-state index contributed by atoms with van der Waals surface area (Å²) in [5.74, 6) is 0.743. The average molecular weight is 240 g/mol. The molecule has 2 aromatic rings. The van der Waals surface area contributed by atoms with Crippen LogP contribution in [0.25, 0.3) is 5.69 Å². The maximum atomic E-state index is 5.68. The molecular formula is C11H14ClN3O. The van der Waals surface area contributed by atoms with Gasteiger partial charge in [0.05, 0.1) is 24.8 Å². The van der Waals surface area contributed by atoms with Crippen LogP contribution < -0.4 is 10.5 Å². The number of hydrogen-bond donors (Lipinski definition) is 1. The molecule has 1 aromatic carbocycles. The molecule has 2 N–H and O–H groups in total. The highest BCUT2D eigenvalue weighted by atomic mass is 35.5. The second-order valence-corrected chi connectivity index (χ2v) is 3.35. The minimum Gasteiger partial charge on any atom is -0.494 e. The third kappa shape index (κ3) is 2.28.